The Morgan fingerprint density at radius 3 is 2.32 bits per heavy atom. The van der Waals surface area contributed by atoms with Gasteiger partial charge in [0, 0.05) is 9.58 Å². The zero-order valence-corrected chi connectivity index (χ0v) is 19.8. The van der Waals surface area contributed by atoms with Gasteiger partial charge in [0.15, 0.2) is 0 Å². The zero-order valence-electron chi connectivity index (χ0n) is 17.3. The molecule has 3 nitrogen and oxygen atoms in total. The number of alkyl halides is 3. The maximum absolute atomic E-state index is 13.8. The predicted molar refractivity (Wildman–Crippen MR) is 120 cm³/mol. The van der Waals surface area contributed by atoms with Crippen LogP contribution >= 0.6 is 30.5 Å². The fourth-order valence-corrected chi connectivity index (χ4v) is 7.61. The van der Waals surface area contributed by atoms with Crippen LogP contribution in [-0.2, 0) is 26.2 Å². The molecule has 2 aromatic carbocycles. The van der Waals surface area contributed by atoms with Crippen LogP contribution < -0.4 is 0 Å². The molecule has 3 aromatic rings. The van der Waals surface area contributed by atoms with E-state index in [9.17, 15) is 17.7 Å². The van der Waals surface area contributed by atoms with Crippen molar-refractivity contribution in [3.63, 3.8) is 0 Å². The van der Waals surface area contributed by atoms with E-state index in [1.165, 1.54) is 23.5 Å². The molecule has 0 fully saturated rings. The van der Waals surface area contributed by atoms with Crippen LogP contribution in [0.2, 0.25) is 5.02 Å². The standard InChI is InChI=1S/C22H23ClF3O3PS/c1-4-28-30(27,29-5-2)19(21-14(3)16-8-6-7-9-20(16)31-21)13-15-10-11-18(23)17(12-15)22(24,25)26/h6-12,19H,4-5,13H2,1-3H3. The number of rotatable bonds is 8. The third-order valence-corrected chi connectivity index (χ3v) is 9.28. The van der Waals surface area contributed by atoms with Gasteiger partial charge in [0.2, 0.25) is 0 Å². The maximum atomic E-state index is 13.8. The molecule has 0 aliphatic heterocycles. The van der Waals surface area contributed by atoms with Gasteiger partial charge in [-0.3, -0.25) is 4.57 Å². The van der Waals surface area contributed by atoms with Crippen molar-refractivity contribution in [1.82, 2.24) is 0 Å². The second-order valence-corrected chi connectivity index (χ2v) is 10.7. The highest BCUT2D eigenvalue weighted by Gasteiger charge is 2.40. The topological polar surface area (TPSA) is 35.5 Å². The summed E-state index contributed by atoms with van der Waals surface area (Å²) < 4.78 is 66.2. The number of halogens is 4. The minimum atomic E-state index is -4.58. The average molecular weight is 491 g/mol. The molecule has 3 rings (SSSR count). The van der Waals surface area contributed by atoms with E-state index in [2.05, 4.69) is 0 Å². The summed E-state index contributed by atoms with van der Waals surface area (Å²) in [4.78, 5) is 0.787. The molecular weight excluding hydrogens is 468 g/mol. The molecule has 31 heavy (non-hydrogen) atoms. The first-order valence-corrected chi connectivity index (χ1v) is 12.6. The third-order valence-electron chi connectivity index (χ3n) is 4.95. The minimum absolute atomic E-state index is 0.0607. The van der Waals surface area contributed by atoms with E-state index in [1.807, 2.05) is 31.2 Å². The summed E-state index contributed by atoms with van der Waals surface area (Å²) >= 11 is 7.24. The quantitative estimate of drug-likeness (QED) is 0.297. The van der Waals surface area contributed by atoms with E-state index in [0.29, 0.717) is 5.56 Å². The van der Waals surface area contributed by atoms with Gasteiger partial charge < -0.3 is 9.05 Å². The van der Waals surface area contributed by atoms with Crippen LogP contribution in [0.15, 0.2) is 42.5 Å². The summed E-state index contributed by atoms with van der Waals surface area (Å²) in [5, 5.41) is 0.641. The monoisotopic (exact) mass is 490 g/mol. The highest BCUT2D eigenvalue weighted by atomic mass is 35.5. The lowest BCUT2D eigenvalue weighted by Gasteiger charge is -2.26. The van der Waals surface area contributed by atoms with Gasteiger partial charge in [0.25, 0.3) is 0 Å². The Labute approximate surface area is 188 Å². The van der Waals surface area contributed by atoms with Gasteiger partial charge in [-0.25, -0.2) is 0 Å². The van der Waals surface area contributed by atoms with Crippen LogP contribution in [0.25, 0.3) is 10.1 Å². The number of fused-ring (bicyclic) bond motifs is 1. The lowest BCUT2D eigenvalue weighted by Crippen LogP contribution is -2.11. The molecule has 1 atom stereocenters. The number of benzene rings is 2. The first kappa shape index (κ1) is 24.3. The van der Waals surface area contributed by atoms with Crippen molar-refractivity contribution < 1.29 is 26.8 Å². The molecule has 9 heteroatoms. The van der Waals surface area contributed by atoms with Crippen molar-refractivity contribution >= 4 is 40.6 Å². The van der Waals surface area contributed by atoms with Crippen LogP contribution in [0.5, 0.6) is 0 Å². The summed E-state index contributed by atoms with van der Waals surface area (Å²) in [5.74, 6) is 0. The third kappa shape index (κ3) is 5.18. The molecule has 168 valence electrons. The van der Waals surface area contributed by atoms with Crippen molar-refractivity contribution in [3.05, 3.63) is 69.1 Å². The van der Waals surface area contributed by atoms with Gasteiger partial charge in [0.1, 0.15) is 0 Å². The predicted octanol–water partition coefficient (Wildman–Crippen LogP) is 8.43. The van der Waals surface area contributed by atoms with Crippen LogP contribution in [0.1, 0.15) is 41.1 Å². The number of thiophene rings is 1. The van der Waals surface area contributed by atoms with E-state index in [0.717, 1.165) is 26.6 Å². The summed E-state index contributed by atoms with van der Waals surface area (Å²) in [6.45, 7) is 5.67. The summed E-state index contributed by atoms with van der Waals surface area (Å²) in [7, 11) is -3.67. The summed E-state index contributed by atoms with van der Waals surface area (Å²) in [6, 6.07) is 11.5. The van der Waals surface area contributed by atoms with Crippen LogP contribution in [0.3, 0.4) is 0 Å². The Balaban J connectivity index is 2.15. The van der Waals surface area contributed by atoms with Crippen molar-refractivity contribution in [2.45, 2.75) is 39.0 Å². The first-order chi connectivity index (χ1) is 14.6. The highest BCUT2D eigenvalue weighted by Crippen LogP contribution is 2.64. The first-order valence-electron chi connectivity index (χ1n) is 9.83. The van der Waals surface area contributed by atoms with Crippen LogP contribution in [0, 0.1) is 6.92 Å². The van der Waals surface area contributed by atoms with Gasteiger partial charge in [-0.2, -0.15) is 13.2 Å². The molecule has 0 saturated carbocycles. The average Bonchev–Trinajstić information content (AvgIpc) is 3.03. The molecule has 0 aliphatic rings. The molecule has 1 heterocycles. The molecular formula is C22H23ClF3O3PS. The smallest absolute Gasteiger partial charge is 0.308 e. The Morgan fingerprint density at radius 1 is 1.10 bits per heavy atom. The molecule has 0 amide bonds. The Morgan fingerprint density at radius 2 is 1.74 bits per heavy atom. The molecule has 0 spiro atoms. The Hall–Kier alpha value is -1.37. The Kier molecular flexibility index (Phi) is 7.54. The van der Waals surface area contributed by atoms with Gasteiger partial charge in [-0.1, -0.05) is 35.9 Å². The van der Waals surface area contributed by atoms with Crippen molar-refractivity contribution in [3.8, 4) is 0 Å². The number of aryl methyl sites for hydroxylation is 1. The van der Waals surface area contributed by atoms with Crippen LogP contribution in [0.4, 0.5) is 13.2 Å². The molecule has 1 unspecified atom stereocenters. The SMILES string of the molecule is CCOP(=O)(OCC)C(Cc1ccc(Cl)c(C(F)(F)F)c1)c1sc2ccccc2c1C. The van der Waals surface area contributed by atoms with Crippen molar-refractivity contribution in [2.24, 2.45) is 0 Å². The molecule has 1 aromatic heterocycles. The second kappa shape index (κ2) is 9.63. The molecule has 0 N–H and O–H groups in total. The van der Waals surface area contributed by atoms with E-state index in [-0.39, 0.29) is 24.7 Å². The summed E-state index contributed by atoms with van der Waals surface area (Å²) in [5.41, 5.74) is -0.373. The van der Waals surface area contributed by atoms with Gasteiger partial charge in [-0.15, -0.1) is 11.3 Å². The molecule has 0 aliphatic carbocycles. The van der Waals surface area contributed by atoms with Gasteiger partial charge >= 0.3 is 13.8 Å². The van der Waals surface area contributed by atoms with Gasteiger partial charge in [-0.05, 0) is 61.9 Å². The normalized spacial score (nSPS) is 13.6. The fourth-order valence-electron chi connectivity index (χ4n) is 3.58. The van der Waals surface area contributed by atoms with E-state index >= 15 is 0 Å². The highest BCUT2D eigenvalue weighted by molar-refractivity contribution is 7.54. The van der Waals surface area contributed by atoms with Crippen molar-refractivity contribution in [2.75, 3.05) is 13.2 Å². The molecule has 0 saturated heterocycles. The number of hydrogen-bond donors (Lipinski definition) is 0. The van der Waals surface area contributed by atoms with Gasteiger partial charge in [0.05, 0.1) is 29.5 Å². The van der Waals surface area contributed by atoms with E-state index in [1.54, 1.807) is 13.8 Å². The Bertz CT molecular complexity index is 1100. The summed E-state index contributed by atoms with van der Waals surface area (Å²) in [6.07, 6.45) is -4.52. The number of hydrogen-bond acceptors (Lipinski definition) is 4. The molecule has 0 bridgehead atoms. The largest absolute Gasteiger partial charge is 0.417 e. The van der Waals surface area contributed by atoms with E-state index < -0.39 is 25.0 Å². The minimum Gasteiger partial charge on any atom is -0.308 e. The van der Waals surface area contributed by atoms with Crippen molar-refractivity contribution in [1.29, 1.82) is 0 Å². The lowest BCUT2D eigenvalue weighted by molar-refractivity contribution is -0.137. The molecule has 0 radical (unpaired) electrons. The van der Waals surface area contributed by atoms with Crippen LogP contribution in [-0.4, -0.2) is 13.2 Å². The fraction of sp³-hybridized carbons (Fsp3) is 0.364. The maximum Gasteiger partial charge on any atom is 0.417 e. The van der Waals surface area contributed by atoms with E-state index in [4.69, 9.17) is 20.6 Å². The lowest BCUT2D eigenvalue weighted by atomic mass is 10.0. The zero-order chi connectivity index (χ0) is 22.8. The second-order valence-electron chi connectivity index (χ2n) is 6.99.